The monoisotopic (exact) mass is 332 g/mol. The van der Waals surface area contributed by atoms with Gasteiger partial charge in [0, 0.05) is 24.1 Å². The molecule has 1 fully saturated rings. The average Bonchev–Trinajstić information content (AvgIpc) is 3.12. The molecule has 1 aromatic rings. The summed E-state index contributed by atoms with van der Waals surface area (Å²) in [4.78, 5) is 13.6. The Balaban J connectivity index is 2.28. The van der Waals surface area contributed by atoms with Gasteiger partial charge in [-0.15, -0.1) is 0 Å². The van der Waals surface area contributed by atoms with E-state index in [0.717, 1.165) is 25.0 Å². The van der Waals surface area contributed by atoms with Crippen molar-refractivity contribution in [1.29, 1.82) is 0 Å². The van der Waals surface area contributed by atoms with Gasteiger partial charge in [-0.2, -0.15) is 0 Å². The number of halogens is 3. The van der Waals surface area contributed by atoms with Crippen LogP contribution < -0.4 is 5.73 Å². The minimum Gasteiger partial charge on any atom is -0.337 e. The molecule has 1 saturated carbocycles. The molecule has 0 heterocycles. The van der Waals surface area contributed by atoms with Crippen molar-refractivity contribution in [3.63, 3.8) is 0 Å². The minimum absolute atomic E-state index is 0.157. The Morgan fingerprint density at radius 1 is 1.47 bits per heavy atom. The van der Waals surface area contributed by atoms with Gasteiger partial charge in [-0.3, -0.25) is 4.79 Å². The lowest BCUT2D eigenvalue weighted by molar-refractivity contribution is 0.0708. The molecule has 2 rings (SSSR count). The molecule has 0 radical (unpaired) electrons. The summed E-state index contributed by atoms with van der Waals surface area (Å²) in [6.45, 7) is 0.298. The predicted octanol–water partition coefficient (Wildman–Crippen LogP) is 2.54. The van der Waals surface area contributed by atoms with Crippen LogP contribution in [0.3, 0.4) is 0 Å². The molecular formula is C13H15BrF2N2O. The first-order chi connectivity index (χ1) is 8.95. The molecule has 0 bridgehead atoms. The summed E-state index contributed by atoms with van der Waals surface area (Å²) < 4.78 is 27.8. The van der Waals surface area contributed by atoms with E-state index in [-0.39, 0.29) is 10.5 Å². The van der Waals surface area contributed by atoms with Crippen LogP contribution in [0, 0.1) is 17.6 Å². The molecular weight excluding hydrogens is 318 g/mol. The number of nitrogens with two attached hydrogens (primary N) is 1. The first-order valence-corrected chi connectivity index (χ1v) is 6.86. The number of hydrogen-bond donors (Lipinski definition) is 1. The van der Waals surface area contributed by atoms with Crippen LogP contribution in [0.1, 0.15) is 23.2 Å². The van der Waals surface area contributed by atoms with Crippen LogP contribution in [0.4, 0.5) is 8.78 Å². The lowest BCUT2D eigenvalue weighted by Gasteiger charge is -2.27. The minimum atomic E-state index is -0.865. The second-order valence-corrected chi connectivity index (χ2v) is 5.72. The predicted molar refractivity (Wildman–Crippen MR) is 71.7 cm³/mol. The number of likely N-dealkylation sites (N-methyl/N-ethyl adjacent to an activating group) is 1. The van der Waals surface area contributed by atoms with Crippen molar-refractivity contribution >= 4 is 21.8 Å². The third-order valence-electron chi connectivity index (χ3n) is 3.45. The van der Waals surface area contributed by atoms with Crippen molar-refractivity contribution in [2.24, 2.45) is 11.7 Å². The second kappa shape index (κ2) is 5.54. The van der Waals surface area contributed by atoms with Gasteiger partial charge in [-0.05, 0) is 30.9 Å². The van der Waals surface area contributed by atoms with Crippen molar-refractivity contribution in [2.75, 3.05) is 13.6 Å². The average molecular weight is 333 g/mol. The lowest BCUT2D eigenvalue weighted by Crippen LogP contribution is -2.43. The zero-order valence-electron chi connectivity index (χ0n) is 10.5. The quantitative estimate of drug-likeness (QED) is 0.920. The summed E-state index contributed by atoms with van der Waals surface area (Å²) in [6.07, 6.45) is 2.01. The molecule has 1 aliphatic carbocycles. The Bertz CT molecular complexity index is 482. The van der Waals surface area contributed by atoms with Gasteiger partial charge in [-0.1, -0.05) is 15.9 Å². The van der Waals surface area contributed by atoms with Gasteiger partial charge in [-0.25, -0.2) is 8.78 Å². The molecule has 6 heteroatoms. The molecule has 1 unspecified atom stereocenters. The van der Waals surface area contributed by atoms with Gasteiger partial charge < -0.3 is 10.6 Å². The van der Waals surface area contributed by atoms with Gasteiger partial charge in [0.15, 0.2) is 0 Å². The molecule has 3 nitrogen and oxygen atoms in total. The van der Waals surface area contributed by atoms with Crippen molar-refractivity contribution < 1.29 is 13.6 Å². The fraction of sp³-hybridized carbons (Fsp3) is 0.462. The van der Waals surface area contributed by atoms with E-state index >= 15 is 0 Å². The highest BCUT2D eigenvalue weighted by Gasteiger charge is 2.36. The van der Waals surface area contributed by atoms with Crippen molar-refractivity contribution in [2.45, 2.75) is 18.9 Å². The maximum Gasteiger partial charge on any atom is 0.259 e. The first-order valence-electron chi connectivity index (χ1n) is 6.07. The maximum absolute atomic E-state index is 13.8. The summed E-state index contributed by atoms with van der Waals surface area (Å²) >= 11 is 2.98. The maximum atomic E-state index is 13.8. The van der Waals surface area contributed by atoms with Gasteiger partial charge in [0.1, 0.15) is 17.2 Å². The van der Waals surface area contributed by atoms with Gasteiger partial charge in [0.2, 0.25) is 0 Å². The number of nitrogens with zero attached hydrogens (tertiary/aromatic N) is 1. The zero-order chi connectivity index (χ0) is 14.2. The molecule has 1 aliphatic rings. The van der Waals surface area contributed by atoms with Gasteiger partial charge >= 0.3 is 0 Å². The molecule has 104 valence electrons. The van der Waals surface area contributed by atoms with E-state index in [1.165, 1.54) is 4.90 Å². The summed E-state index contributed by atoms with van der Waals surface area (Å²) in [6, 6.07) is 2.01. The molecule has 0 spiro atoms. The Kier molecular flexibility index (Phi) is 4.20. The number of hydrogen-bond acceptors (Lipinski definition) is 2. The van der Waals surface area contributed by atoms with Gasteiger partial charge in [0.05, 0.1) is 0 Å². The Labute approximate surface area is 118 Å². The standard InChI is InChI=1S/C13H15BrF2N2O/c1-18(11(6-17)7-2-3-7)13(19)12-9(15)4-8(14)5-10(12)16/h4-5,7,11H,2-3,6,17H2,1H3. The molecule has 0 aliphatic heterocycles. The molecule has 1 atom stereocenters. The van der Waals surface area contributed by atoms with E-state index in [1.807, 2.05) is 0 Å². The van der Waals surface area contributed by atoms with E-state index in [2.05, 4.69) is 15.9 Å². The third-order valence-corrected chi connectivity index (χ3v) is 3.90. The summed E-state index contributed by atoms with van der Waals surface area (Å²) in [7, 11) is 1.54. The highest BCUT2D eigenvalue weighted by atomic mass is 79.9. The molecule has 19 heavy (non-hydrogen) atoms. The topological polar surface area (TPSA) is 46.3 Å². The zero-order valence-corrected chi connectivity index (χ0v) is 12.1. The van der Waals surface area contributed by atoms with Crippen LogP contribution >= 0.6 is 15.9 Å². The van der Waals surface area contributed by atoms with Crippen LogP contribution in [0.15, 0.2) is 16.6 Å². The highest BCUT2D eigenvalue weighted by Crippen LogP contribution is 2.35. The van der Waals surface area contributed by atoms with Crippen LogP contribution in [-0.4, -0.2) is 30.4 Å². The van der Waals surface area contributed by atoms with E-state index in [4.69, 9.17) is 5.73 Å². The van der Waals surface area contributed by atoms with E-state index in [0.29, 0.717) is 12.5 Å². The van der Waals surface area contributed by atoms with Crippen molar-refractivity contribution in [3.05, 3.63) is 33.8 Å². The molecule has 2 N–H and O–H groups in total. The second-order valence-electron chi connectivity index (χ2n) is 4.80. The van der Waals surface area contributed by atoms with E-state index in [1.54, 1.807) is 7.05 Å². The summed E-state index contributed by atoms with van der Waals surface area (Å²) in [5.41, 5.74) is 5.12. The van der Waals surface area contributed by atoms with Crippen molar-refractivity contribution in [3.8, 4) is 0 Å². The van der Waals surface area contributed by atoms with Crippen LogP contribution in [0.2, 0.25) is 0 Å². The summed E-state index contributed by atoms with van der Waals surface area (Å²) in [5.74, 6) is -2.05. The molecule has 1 aromatic carbocycles. The number of rotatable bonds is 4. The fourth-order valence-corrected chi connectivity index (χ4v) is 2.62. The third kappa shape index (κ3) is 2.95. The number of amides is 1. The smallest absolute Gasteiger partial charge is 0.259 e. The normalized spacial score (nSPS) is 16.3. The van der Waals surface area contributed by atoms with Gasteiger partial charge in [0.25, 0.3) is 5.91 Å². The fourth-order valence-electron chi connectivity index (χ4n) is 2.22. The Morgan fingerprint density at radius 2 is 2.00 bits per heavy atom. The van der Waals surface area contributed by atoms with Crippen LogP contribution in [0.25, 0.3) is 0 Å². The van der Waals surface area contributed by atoms with Crippen LogP contribution in [-0.2, 0) is 0 Å². The Morgan fingerprint density at radius 3 is 2.42 bits per heavy atom. The molecule has 0 aromatic heterocycles. The largest absolute Gasteiger partial charge is 0.337 e. The summed E-state index contributed by atoms with van der Waals surface area (Å²) in [5, 5.41) is 0. The molecule has 0 saturated heterocycles. The molecule has 1 amide bonds. The highest BCUT2D eigenvalue weighted by molar-refractivity contribution is 9.10. The van der Waals surface area contributed by atoms with E-state index < -0.39 is 23.1 Å². The van der Waals surface area contributed by atoms with Crippen molar-refractivity contribution in [1.82, 2.24) is 4.90 Å². The lowest BCUT2D eigenvalue weighted by atomic mass is 10.1. The number of carbonyl (C=O) groups is 1. The van der Waals surface area contributed by atoms with E-state index in [9.17, 15) is 13.6 Å². The number of benzene rings is 1. The SMILES string of the molecule is CN(C(=O)c1c(F)cc(Br)cc1F)C(CN)C1CC1. The first kappa shape index (κ1) is 14.4. The number of carbonyl (C=O) groups excluding carboxylic acids is 1. The van der Waals surface area contributed by atoms with Crippen LogP contribution in [0.5, 0.6) is 0 Å². The Hall–Kier alpha value is -1.01.